The Morgan fingerprint density at radius 2 is 1.72 bits per heavy atom. The first kappa shape index (κ1) is 20.9. The molecule has 0 amide bonds. The van der Waals surface area contributed by atoms with Crippen LogP contribution in [0.2, 0.25) is 0 Å². The van der Waals surface area contributed by atoms with Gasteiger partial charge in [0.25, 0.3) is 0 Å². The van der Waals surface area contributed by atoms with Crippen molar-refractivity contribution < 1.29 is 13.5 Å². The Kier molecular flexibility index (Phi) is 6.61. The summed E-state index contributed by atoms with van der Waals surface area (Å²) in [6.07, 6.45) is 14.8. The van der Waals surface area contributed by atoms with E-state index in [1.807, 2.05) is 0 Å². The van der Waals surface area contributed by atoms with E-state index in [2.05, 4.69) is 13.0 Å². The van der Waals surface area contributed by atoms with E-state index in [0.717, 1.165) is 49.4 Å². The van der Waals surface area contributed by atoms with Crippen LogP contribution in [-0.2, 0) is 0 Å². The van der Waals surface area contributed by atoms with Crippen LogP contribution in [0.3, 0.4) is 0 Å². The number of fused-ring (bicyclic) bond motifs is 1. The van der Waals surface area contributed by atoms with Crippen molar-refractivity contribution in [3.8, 4) is 5.75 Å². The van der Waals surface area contributed by atoms with Gasteiger partial charge in [-0.05, 0) is 106 Å². The summed E-state index contributed by atoms with van der Waals surface area (Å²) < 4.78 is 34.1. The third-order valence-electron chi connectivity index (χ3n) is 8.02. The highest BCUT2D eigenvalue weighted by molar-refractivity contribution is 5.33. The molecule has 160 valence electrons. The predicted molar refractivity (Wildman–Crippen MR) is 114 cm³/mol. The SMILES string of the molecule is CCCCC1=CCC2C1CCC2C1CCC(c2ccc(OCC)c(F)c2F)CC1. The molecular weight excluding hydrogens is 366 g/mol. The summed E-state index contributed by atoms with van der Waals surface area (Å²) in [6.45, 7) is 4.41. The number of ether oxygens (including phenoxy) is 1. The summed E-state index contributed by atoms with van der Waals surface area (Å²) in [4.78, 5) is 0. The van der Waals surface area contributed by atoms with Gasteiger partial charge in [-0.1, -0.05) is 31.1 Å². The van der Waals surface area contributed by atoms with E-state index in [1.165, 1.54) is 38.5 Å². The molecule has 29 heavy (non-hydrogen) atoms. The van der Waals surface area contributed by atoms with E-state index < -0.39 is 11.6 Å². The molecule has 3 aliphatic carbocycles. The lowest BCUT2D eigenvalue weighted by molar-refractivity contribution is 0.184. The molecule has 0 spiro atoms. The van der Waals surface area contributed by atoms with Crippen molar-refractivity contribution in [2.45, 2.75) is 84.0 Å². The van der Waals surface area contributed by atoms with E-state index in [1.54, 1.807) is 24.6 Å². The molecule has 0 heterocycles. The summed E-state index contributed by atoms with van der Waals surface area (Å²) >= 11 is 0. The minimum absolute atomic E-state index is 0.0343. The van der Waals surface area contributed by atoms with Crippen LogP contribution in [0.1, 0.15) is 89.5 Å². The second-order valence-corrected chi connectivity index (χ2v) is 9.46. The van der Waals surface area contributed by atoms with E-state index in [9.17, 15) is 8.78 Å². The molecule has 0 aliphatic heterocycles. The van der Waals surface area contributed by atoms with E-state index in [0.29, 0.717) is 12.2 Å². The quantitative estimate of drug-likeness (QED) is 0.423. The van der Waals surface area contributed by atoms with Crippen LogP contribution in [-0.4, -0.2) is 6.61 Å². The molecule has 0 N–H and O–H groups in total. The van der Waals surface area contributed by atoms with Gasteiger partial charge >= 0.3 is 0 Å². The van der Waals surface area contributed by atoms with Gasteiger partial charge in [0, 0.05) is 0 Å². The second-order valence-electron chi connectivity index (χ2n) is 9.46. The normalized spacial score (nSPS) is 31.6. The summed E-state index contributed by atoms with van der Waals surface area (Å²) in [5.41, 5.74) is 2.30. The largest absolute Gasteiger partial charge is 0.491 e. The van der Waals surface area contributed by atoms with Gasteiger partial charge < -0.3 is 4.74 Å². The number of allylic oxidation sites excluding steroid dienone is 2. The molecule has 1 nitrogen and oxygen atoms in total. The molecule has 4 rings (SSSR count). The van der Waals surface area contributed by atoms with Gasteiger partial charge in [-0.25, -0.2) is 4.39 Å². The maximum atomic E-state index is 14.6. The molecule has 3 atom stereocenters. The fourth-order valence-corrected chi connectivity index (χ4v) is 6.58. The number of rotatable bonds is 7. The number of benzene rings is 1. The second kappa shape index (κ2) is 9.18. The van der Waals surface area contributed by atoms with Crippen LogP contribution < -0.4 is 4.74 Å². The van der Waals surface area contributed by atoms with Crippen LogP contribution >= 0.6 is 0 Å². The monoisotopic (exact) mass is 402 g/mol. The Labute approximate surface area is 174 Å². The zero-order chi connectivity index (χ0) is 20.4. The lowest BCUT2D eigenvalue weighted by Crippen LogP contribution is -2.25. The minimum Gasteiger partial charge on any atom is -0.491 e. The maximum Gasteiger partial charge on any atom is 0.200 e. The van der Waals surface area contributed by atoms with Gasteiger partial charge in [-0.3, -0.25) is 0 Å². The molecule has 0 bridgehead atoms. The molecule has 2 fully saturated rings. The zero-order valence-electron chi connectivity index (χ0n) is 18.1. The molecule has 0 aromatic heterocycles. The van der Waals surface area contributed by atoms with Gasteiger partial charge in [-0.15, -0.1) is 0 Å². The Balaban J connectivity index is 1.36. The Bertz CT molecular complexity index is 732. The third kappa shape index (κ3) is 4.11. The van der Waals surface area contributed by atoms with Crippen LogP contribution in [0.5, 0.6) is 5.75 Å². The first-order valence-corrected chi connectivity index (χ1v) is 11.9. The predicted octanol–water partition coefficient (Wildman–Crippen LogP) is 7.80. The van der Waals surface area contributed by atoms with E-state index >= 15 is 0 Å². The smallest absolute Gasteiger partial charge is 0.200 e. The highest BCUT2D eigenvalue weighted by atomic mass is 19.2. The van der Waals surface area contributed by atoms with Crippen LogP contribution in [0, 0.1) is 35.3 Å². The summed E-state index contributed by atoms with van der Waals surface area (Å²) in [5.74, 6) is 2.00. The number of hydrogen-bond donors (Lipinski definition) is 0. The van der Waals surface area contributed by atoms with Crippen molar-refractivity contribution >= 4 is 0 Å². The highest BCUT2D eigenvalue weighted by Gasteiger charge is 2.44. The van der Waals surface area contributed by atoms with Gasteiger partial charge in [0.1, 0.15) is 0 Å². The van der Waals surface area contributed by atoms with Crippen LogP contribution in [0.25, 0.3) is 0 Å². The van der Waals surface area contributed by atoms with Crippen molar-refractivity contribution in [3.63, 3.8) is 0 Å². The maximum absolute atomic E-state index is 14.6. The van der Waals surface area contributed by atoms with Crippen molar-refractivity contribution in [2.75, 3.05) is 6.61 Å². The molecule has 1 aromatic rings. The topological polar surface area (TPSA) is 9.23 Å². The standard InChI is InChI=1S/C26H36F2O/c1-3-5-6-17-11-12-23-20(17)13-14-21(23)18-7-9-19(10-8-18)22-15-16-24(29-4-2)26(28)25(22)27/h11,15-16,18-21,23H,3-10,12-14H2,1-2H3. The average molecular weight is 403 g/mol. The number of hydrogen-bond acceptors (Lipinski definition) is 1. The van der Waals surface area contributed by atoms with E-state index in [4.69, 9.17) is 4.74 Å². The Morgan fingerprint density at radius 3 is 2.45 bits per heavy atom. The lowest BCUT2D eigenvalue weighted by atomic mass is 9.70. The van der Waals surface area contributed by atoms with E-state index in [-0.39, 0.29) is 11.7 Å². The first-order chi connectivity index (χ1) is 14.1. The van der Waals surface area contributed by atoms with Gasteiger partial charge in [-0.2, -0.15) is 4.39 Å². The first-order valence-electron chi connectivity index (χ1n) is 11.9. The Hall–Kier alpha value is -1.38. The minimum atomic E-state index is -0.818. The highest BCUT2D eigenvalue weighted by Crippen LogP contribution is 2.54. The summed E-state index contributed by atoms with van der Waals surface area (Å²) in [7, 11) is 0. The average Bonchev–Trinajstić information content (AvgIpc) is 3.33. The van der Waals surface area contributed by atoms with Crippen molar-refractivity contribution in [1.82, 2.24) is 0 Å². The molecule has 1 aromatic carbocycles. The fourth-order valence-electron chi connectivity index (χ4n) is 6.58. The summed E-state index contributed by atoms with van der Waals surface area (Å²) in [6, 6.07) is 3.35. The summed E-state index contributed by atoms with van der Waals surface area (Å²) in [5, 5.41) is 0. The van der Waals surface area contributed by atoms with Crippen molar-refractivity contribution in [2.24, 2.45) is 23.7 Å². The molecule has 3 heteroatoms. The Morgan fingerprint density at radius 1 is 0.931 bits per heavy atom. The van der Waals surface area contributed by atoms with Crippen LogP contribution in [0.15, 0.2) is 23.8 Å². The molecule has 3 aliphatic rings. The molecule has 2 saturated carbocycles. The number of halogens is 2. The lowest BCUT2D eigenvalue weighted by Gasteiger charge is -2.35. The fraction of sp³-hybridized carbons (Fsp3) is 0.692. The molecule has 0 saturated heterocycles. The van der Waals surface area contributed by atoms with Crippen LogP contribution in [0.4, 0.5) is 8.78 Å². The van der Waals surface area contributed by atoms with Gasteiger partial charge in [0.15, 0.2) is 11.6 Å². The van der Waals surface area contributed by atoms with Gasteiger partial charge in [0.2, 0.25) is 5.82 Å². The molecule has 0 radical (unpaired) electrons. The van der Waals surface area contributed by atoms with Crippen molar-refractivity contribution in [3.05, 3.63) is 41.0 Å². The third-order valence-corrected chi connectivity index (χ3v) is 8.02. The van der Waals surface area contributed by atoms with Crippen molar-refractivity contribution in [1.29, 1.82) is 0 Å². The zero-order valence-corrected chi connectivity index (χ0v) is 18.1. The van der Waals surface area contributed by atoms with Gasteiger partial charge in [0.05, 0.1) is 6.61 Å². The molecular formula is C26H36F2O. The number of unbranched alkanes of at least 4 members (excludes halogenated alkanes) is 1. The molecule has 3 unspecified atom stereocenters.